The van der Waals surface area contributed by atoms with Crippen LogP contribution in [0.2, 0.25) is 0 Å². The number of esters is 1. The third kappa shape index (κ3) is 3.10. The molecule has 0 saturated carbocycles. The number of carbonyl (C=O) groups is 1. The molecule has 0 radical (unpaired) electrons. The molecule has 0 aliphatic heterocycles. The highest BCUT2D eigenvalue weighted by Crippen LogP contribution is 2.26. The third-order valence-corrected chi connectivity index (χ3v) is 3.84. The van der Waals surface area contributed by atoms with Gasteiger partial charge in [0.1, 0.15) is 6.61 Å². The lowest BCUT2D eigenvalue weighted by Gasteiger charge is -2.06. The molecule has 1 aromatic rings. The first kappa shape index (κ1) is 11.7. The summed E-state index contributed by atoms with van der Waals surface area (Å²) in [6.07, 6.45) is 0.408. The Labute approximate surface area is 99.9 Å². The van der Waals surface area contributed by atoms with Gasteiger partial charge in [-0.1, -0.05) is 19.1 Å². The number of benzene rings is 1. The minimum atomic E-state index is -0.183. The van der Waals surface area contributed by atoms with E-state index in [1.165, 1.54) is 0 Å². The maximum atomic E-state index is 10.9. The molecule has 76 valence electrons. The second-order valence-corrected chi connectivity index (χ2v) is 4.37. The zero-order chi connectivity index (χ0) is 10.6. The molecule has 0 saturated heterocycles. The van der Waals surface area contributed by atoms with Gasteiger partial charge in [-0.05, 0) is 37.9 Å². The Kier molecular flexibility index (Phi) is 4.62. The standard InChI is InChI=1S/C10H10Br2O2/c1-2-9(13)14-6-7-4-3-5-8(11)10(7)12/h3-5H,2,6H2,1H3. The number of hydrogen-bond acceptors (Lipinski definition) is 2. The summed E-state index contributed by atoms with van der Waals surface area (Å²) in [6.45, 7) is 2.09. The summed E-state index contributed by atoms with van der Waals surface area (Å²) in [4.78, 5) is 10.9. The second-order valence-electron chi connectivity index (χ2n) is 2.73. The van der Waals surface area contributed by atoms with Crippen LogP contribution in [0.5, 0.6) is 0 Å². The molecule has 0 aliphatic rings. The molecule has 0 heterocycles. The first-order chi connectivity index (χ1) is 6.65. The number of rotatable bonds is 3. The van der Waals surface area contributed by atoms with Gasteiger partial charge in [0, 0.05) is 20.9 Å². The molecule has 0 aliphatic carbocycles. The number of ether oxygens (including phenoxy) is 1. The van der Waals surface area contributed by atoms with Gasteiger partial charge in [0.2, 0.25) is 0 Å². The van der Waals surface area contributed by atoms with Crippen molar-refractivity contribution in [3.63, 3.8) is 0 Å². The van der Waals surface area contributed by atoms with E-state index in [4.69, 9.17) is 4.74 Å². The van der Waals surface area contributed by atoms with Gasteiger partial charge in [0.05, 0.1) is 0 Å². The van der Waals surface area contributed by atoms with Crippen LogP contribution in [0.1, 0.15) is 18.9 Å². The SMILES string of the molecule is CCC(=O)OCc1cccc(Br)c1Br. The van der Waals surface area contributed by atoms with Crippen LogP contribution in [0.25, 0.3) is 0 Å². The van der Waals surface area contributed by atoms with Gasteiger partial charge in [-0.15, -0.1) is 0 Å². The van der Waals surface area contributed by atoms with Crippen LogP contribution < -0.4 is 0 Å². The molecule has 0 spiro atoms. The van der Waals surface area contributed by atoms with Crippen molar-refractivity contribution in [2.24, 2.45) is 0 Å². The maximum absolute atomic E-state index is 10.9. The van der Waals surface area contributed by atoms with Crippen molar-refractivity contribution < 1.29 is 9.53 Å². The Bertz CT molecular complexity index is 337. The molecule has 0 fully saturated rings. The molecule has 0 amide bonds. The summed E-state index contributed by atoms with van der Waals surface area (Å²) >= 11 is 6.80. The molecular formula is C10H10Br2O2. The van der Waals surface area contributed by atoms with E-state index in [1.54, 1.807) is 6.92 Å². The van der Waals surface area contributed by atoms with Crippen molar-refractivity contribution in [3.8, 4) is 0 Å². The topological polar surface area (TPSA) is 26.3 Å². The zero-order valence-electron chi connectivity index (χ0n) is 7.72. The van der Waals surface area contributed by atoms with E-state index in [1.807, 2.05) is 18.2 Å². The van der Waals surface area contributed by atoms with Crippen molar-refractivity contribution >= 4 is 37.8 Å². The lowest BCUT2D eigenvalue weighted by atomic mass is 10.2. The van der Waals surface area contributed by atoms with Crippen LogP contribution >= 0.6 is 31.9 Å². The first-order valence-corrected chi connectivity index (χ1v) is 5.82. The third-order valence-electron chi connectivity index (χ3n) is 1.71. The lowest BCUT2D eigenvalue weighted by molar-refractivity contribution is -0.144. The van der Waals surface area contributed by atoms with E-state index in [0.29, 0.717) is 13.0 Å². The Hall–Kier alpha value is -0.350. The van der Waals surface area contributed by atoms with Crippen LogP contribution in [-0.2, 0) is 16.1 Å². The van der Waals surface area contributed by atoms with E-state index >= 15 is 0 Å². The van der Waals surface area contributed by atoms with Gasteiger partial charge in [-0.3, -0.25) is 4.79 Å². The summed E-state index contributed by atoms with van der Waals surface area (Å²) < 4.78 is 6.92. The molecule has 1 aromatic carbocycles. The van der Waals surface area contributed by atoms with E-state index in [2.05, 4.69) is 31.9 Å². The summed E-state index contributed by atoms with van der Waals surface area (Å²) in [5.74, 6) is -0.183. The van der Waals surface area contributed by atoms with Crippen LogP contribution in [0.4, 0.5) is 0 Å². The number of hydrogen-bond donors (Lipinski definition) is 0. The fourth-order valence-corrected chi connectivity index (χ4v) is 1.71. The minimum absolute atomic E-state index is 0.183. The summed E-state index contributed by atoms with van der Waals surface area (Å²) in [6, 6.07) is 5.75. The molecule has 0 bridgehead atoms. The Morgan fingerprint density at radius 2 is 2.14 bits per heavy atom. The molecule has 4 heteroatoms. The summed E-state index contributed by atoms with van der Waals surface area (Å²) in [5, 5.41) is 0. The molecule has 0 atom stereocenters. The van der Waals surface area contributed by atoms with E-state index < -0.39 is 0 Å². The highest BCUT2D eigenvalue weighted by Gasteiger charge is 2.05. The van der Waals surface area contributed by atoms with Gasteiger partial charge in [0.25, 0.3) is 0 Å². The van der Waals surface area contributed by atoms with Crippen molar-refractivity contribution in [2.45, 2.75) is 20.0 Å². The smallest absolute Gasteiger partial charge is 0.305 e. The Morgan fingerprint density at radius 1 is 1.43 bits per heavy atom. The Balaban J connectivity index is 2.68. The zero-order valence-corrected chi connectivity index (χ0v) is 10.9. The fraction of sp³-hybridized carbons (Fsp3) is 0.300. The van der Waals surface area contributed by atoms with Crippen LogP contribution in [-0.4, -0.2) is 5.97 Å². The average Bonchev–Trinajstić information content (AvgIpc) is 2.20. The molecular weight excluding hydrogens is 312 g/mol. The van der Waals surface area contributed by atoms with Gasteiger partial charge in [-0.2, -0.15) is 0 Å². The van der Waals surface area contributed by atoms with E-state index in [9.17, 15) is 4.79 Å². The van der Waals surface area contributed by atoms with Gasteiger partial charge >= 0.3 is 5.97 Å². The lowest BCUT2D eigenvalue weighted by Crippen LogP contribution is -2.02. The summed E-state index contributed by atoms with van der Waals surface area (Å²) in [7, 11) is 0. The minimum Gasteiger partial charge on any atom is -0.461 e. The number of halogens is 2. The molecule has 0 aromatic heterocycles. The van der Waals surface area contributed by atoms with Crippen molar-refractivity contribution in [1.82, 2.24) is 0 Å². The van der Waals surface area contributed by atoms with Crippen molar-refractivity contribution in [2.75, 3.05) is 0 Å². The molecule has 1 rings (SSSR count). The predicted octanol–water partition coefficient (Wildman–Crippen LogP) is 3.66. The van der Waals surface area contributed by atoms with Gasteiger partial charge in [-0.25, -0.2) is 0 Å². The molecule has 14 heavy (non-hydrogen) atoms. The van der Waals surface area contributed by atoms with Gasteiger partial charge in [0.15, 0.2) is 0 Å². The second kappa shape index (κ2) is 5.51. The van der Waals surface area contributed by atoms with E-state index in [0.717, 1.165) is 14.5 Å². The maximum Gasteiger partial charge on any atom is 0.305 e. The number of carbonyl (C=O) groups excluding carboxylic acids is 1. The van der Waals surface area contributed by atoms with Crippen LogP contribution in [0.15, 0.2) is 27.1 Å². The van der Waals surface area contributed by atoms with Gasteiger partial charge < -0.3 is 4.74 Å². The normalized spacial score (nSPS) is 9.93. The Morgan fingerprint density at radius 3 is 2.79 bits per heavy atom. The van der Waals surface area contributed by atoms with Crippen molar-refractivity contribution in [3.05, 3.63) is 32.7 Å². The largest absolute Gasteiger partial charge is 0.461 e. The summed E-state index contributed by atoms with van der Waals surface area (Å²) in [5.41, 5.74) is 0.959. The monoisotopic (exact) mass is 320 g/mol. The predicted molar refractivity (Wildman–Crippen MR) is 61.9 cm³/mol. The average molecular weight is 322 g/mol. The highest BCUT2D eigenvalue weighted by atomic mass is 79.9. The molecule has 2 nitrogen and oxygen atoms in total. The van der Waals surface area contributed by atoms with Crippen LogP contribution in [0.3, 0.4) is 0 Å². The van der Waals surface area contributed by atoms with E-state index in [-0.39, 0.29) is 5.97 Å². The highest BCUT2D eigenvalue weighted by molar-refractivity contribution is 9.13. The molecule has 0 N–H and O–H groups in total. The fourth-order valence-electron chi connectivity index (χ4n) is 0.920. The quantitative estimate of drug-likeness (QED) is 0.794. The van der Waals surface area contributed by atoms with Crippen LogP contribution in [0, 0.1) is 0 Å². The first-order valence-electron chi connectivity index (χ1n) is 4.23. The molecule has 0 unspecified atom stereocenters. The van der Waals surface area contributed by atoms with Crippen molar-refractivity contribution in [1.29, 1.82) is 0 Å².